The van der Waals surface area contributed by atoms with Gasteiger partial charge in [-0.1, -0.05) is 0 Å². The van der Waals surface area contributed by atoms with Crippen LogP contribution in [0, 0.1) is 5.92 Å². The molecule has 6 heteroatoms. The van der Waals surface area contributed by atoms with Gasteiger partial charge in [-0.3, -0.25) is 4.79 Å². The molecule has 0 saturated heterocycles. The third-order valence-corrected chi connectivity index (χ3v) is 3.06. The first-order chi connectivity index (χ1) is 7.90. The summed E-state index contributed by atoms with van der Waals surface area (Å²) in [4.78, 5) is 25.2. The molecule has 0 aromatic heterocycles. The van der Waals surface area contributed by atoms with Gasteiger partial charge in [-0.2, -0.15) is 0 Å². The fraction of sp³-hybridized carbons (Fsp3) is 0.818. The minimum absolute atomic E-state index is 0.0434. The molecule has 0 aromatic rings. The van der Waals surface area contributed by atoms with Crippen molar-refractivity contribution in [2.45, 2.75) is 25.4 Å². The lowest BCUT2D eigenvalue weighted by molar-refractivity contribution is -0.137. The fourth-order valence-electron chi connectivity index (χ4n) is 1.97. The summed E-state index contributed by atoms with van der Waals surface area (Å²) in [5.74, 6) is -0.541. The Hall–Kier alpha value is -1.30. The van der Waals surface area contributed by atoms with Crippen molar-refractivity contribution < 1.29 is 19.8 Å². The van der Waals surface area contributed by atoms with E-state index in [2.05, 4.69) is 0 Å². The van der Waals surface area contributed by atoms with E-state index in [0.29, 0.717) is 12.5 Å². The van der Waals surface area contributed by atoms with Gasteiger partial charge in [0.2, 0.25) is 0 Å². The van der Waals surface area contributed by atoms with Crippen molar-refractivity contribution in [3.8, 4) is 0 Å². The summed E-state index contributed by atoms with van der Waals surface area (Å²) in [5, 5.41) is 17.7. The number of aliphatic carboxylic acids is 1. The first-order valence-electron chi connectivity index (χ1n) is 5.76. The molecule has 0 unspecified atom stereocenters. The van der Waals surface area contributed by atoms with Crippen molar-refractivity contribution >= 4 is 12.0 Å². The minimum Gasteiger partial charge on any atom is -0.481 e. The monoisotopic (exact) mass is 244 g/mol. The molecule has 0 radical (unpaired) electrons. The molecule has 0 atom stereocenters. The number of rotatable bonds is 5. The number of carboxylic acids is 1. The number of hydrogen-bond acceptors (Lipinski definition) is 3. The average molecular weight is 244 g/mol. The van der Waals surface area contributed by atoms with Gasteiger partial charge in [0.05, 0.1) is 12.5 Å². The molecule has 2 amide bonds. The third-order valence-electron chi connectivity index (χ3n) is 3.06. The molecule has 98 valence electrons. The zero-order chi connectivity index (χ0) is 13.0. The van der Waals surface area contributed by atoms with Gasteiger partial charge in [0.25, 0.3) is 0 Å². The van der Waals surface area contributed by atoms with E-state index in [1.165, 1.54) is 4.90 Å². The van der Waals surface area contributed by atoms with Gasteiger partial charge in [0.15, 0.2) is 0 Å². The zero-order valence-electron chi connectivity index (χ0n) is 10.3. The van der Waals surface area contributed by atoms with Gasteiger partial charge < -0.3 is 20.0 Å². The van der Waals surface area contributed by atoms with Gasteiger partial charge in [-0.05, 0) is 18.8 Å². The lowest BCUT2D eigenvalue weighted by Gasteiger charge is -2.35. The molecule has 6 nitrogen and oxygen atoms in total. The summed E-state index contributed by atoms with van der Waals surface area (Å²) in [7, 11) is 3.29. The quantitative estimate of drug-likeness (QED) is 0.724. The van der Waals surface area contributed by atoms with Crippen molar-refractivity contribution in [2.24, 2.45) is 5.92 Å². The molecule has 1 saturated carbocycles. The molecule has 1 aliphatic rings. The molecular weight excluding hydrogens is 224 g/mol. The van der Waals surface area contributed by atoms with E-state index < -0.39 is 5.97 Å². The average Bonchev–Trinajstić information content (AvgIpc) is 2.22. The highest BCUT2D eigenvalue weighted by Gasteiger charge is 2.29. The Bertz CT molecular complexity index is 289. The molecule has 1 fully saturated rings. The number of nitrogens with zero attached hydrogens (tertiary/aromatic N) is 2. The minimum atomic E-state index is -0.908. The zero-order valence-corrected chi connectivity index (χ0v) is 10.3. The predicted molar refractivity (Wildman–Crippen MR) is 61.6 cm³/mol. The maximum Gasteiger partial charge on any atom is 0.319 e. The second-order valence-corrected chi connectivity index (χ2v) is 4.72. The van der Waals surface area contributed by atoms with Crippen molar-refractivity contribution in [2.75, 3.05) is 27.2 Å². The normalized spacial score (nSPS) is 22.8. The molecule has 17 heavy (non-hydrogen) atoms. The van der Waals surface area contributed by atoms with E-state index in [-0.39, 0.29) is 25.1 Å². The van der Waals surface area contributed by atoms with Crippen LogP contribution in [0.4, 0.5) is 4.79 Å². The Morgan fingerprint density at radius 2 is 1.82 bits per heavy atom. The van der Waals surface area contributed by atoms with E-state index >= 15 is 0 Å². The molecule has 2 N–H and O–H groups in total. The standard InChI is InChI=1S/C11H20N2O4/c1-12(4-3-10(15)16)11(17)13(2)7-8-5-9(14)6-8/h8-9,14H,3-7H2,1-2H3,(H,15,16). The molecule has 0 spiro atoms. The second kappa shape index (κ2) is 5.86. The lowest BCUT2D eigenvalue weighted by Crippen LogP contribution is -2.44. The lowest BCUT2D eigenvalue weighted by atomic mass is 9.82. The molecule has 1 aliphatic carbocycles. The predicted octanol–water partition coefficient (Wildman–Crippen LogP) is 0.216. The van der Waals surface area contributed by atoms with E-state index in [1.807, 2.05) is 0 Å². The van der Waals surface area contributed by atoms with Crippen LogP contribution in [-0.2, 0) is 4.79 Å². The number of aliphatic hydroxyl groups excluding tert-OH is 1. The maximum atomic E-state index is 11.8. The molecule has 0 bridgehead atoms. The summed E-state index contributed by atoms with van der Waals surface area (Å²) < 4.78 is 0. The summed E-state index contributed by atoms with van der Waals surface area (Å²) in [6.45, 7) is 0.832. The van der Waals surface area contributed by atoms with Crippen LogP contribution in [0.3, 0.4) is 0 Å². The summed E-state index contributed by atoms with van der Waals surface area (Å²) in [5.41, 5.74) is 0. The van der Waals surface area contributed by atoms with Crippen LogP contribution in [0.15, 0.2) is 0 Å². The Kier molecular flexibility index (Phi) is 4.74. The first-order valence-corrected chi connectivity index (χ1v) is 5.76. The number of carboxylic acid groups (broad SMARTS) is 1. The topological polar surface area (TPSA) is 81.1 Å². The Morgan fingerprint density at radius 1 is 1.24 bits per heavy atom. The van der Waals surface area contributed by atoms with Crippen LogP contribution in [0.2, 0.25) is 0 Å². The molecule has 1 rings (SSSR count). The SMILES string of the molecule is CN(CCC(=O)O)C(=O)N(C)CC1CC(O)C1. The summed E-state index contributed by atoms with van der Waals surface area (Å²) >= 11 is 0. The van der Waals surface area contributed by atoms with Crippen molar-refractivity contribution in [1.82, 2.24) is 9.80 Å². The van der Waals surface area contributed by atoms with Crippen molar-refractivity contribution in [3.05, 3.63) is 0 Å². The Labute approximate surface area is 101 Å². The fourth-order valence-corrected chi connectivity index (χ4v) is 1.97. The van der Waals surface area contributed by atoms with Crippen LogP contribution in [-0.4, -0.2) is 65.3 Å². The summed E-state index contributed by atoms with van der Waals surface area (Å²) in [6, 6.07) is -0.173. The number of amides is 2. The number of urea groups is 1. The first kappa shape index (κ1) is 13.8. The highest BCUT2D eigenvalue weighted by Crippen LogP contribution is 2.27. The molecular formula is C11H20N2O4. The van der Waals surface area contributed by atoms with Gasteiger partial charge >= 0.3 is 12.0 Å². The molecule has 0 aliphatic heterocycles. The van der Waals surface area contributed by atoms with E-state index in [1.54, 1.807) is 19.0 Å². The maximum absolute atomic E-state index is 11.8. The molecule has 0 aromatic carbocycles. The third kappa shape index (κ3) is 4.22. The van der Waals surface area contributed by atoms with Gasteiger partial charge in [-0.25, -0.2) is 4.79 Å². The highest BCUT2D eigenvalue weighted by molar-refractivity contribution is 5.75. The van der Waals surface area contributed by atoms with Crippen LogP contribution in [0.5, 0.6) is 0 Å². The van der Waals surface area contributed by atoms with Gasteiger partial charge in [-0.15, -0.1) is 0 Å². The molecule has 0 heterocycles. The van der Waals surface area contributed by atoms with Crippen molar-refractivity contribution in [1.29, 1.82) is 0 Å². The van der Waals surface area contributed by atoms with Crippen LogP contribution >= 0.6 is 0 Å². The van der Waals surface area contributed by atoms with Crippen LogP contribution < -0.4 is 0 Å². The van der Waals surface area contributed by atoms with E-state index in [0.717, 1.165) is 12.8 Å². The Morgan fingerprint density at radius 3 is 2.29 bits per heavy atom. The van der Waals surface area contributed by atoms with Crippen molar-refractivity contribution in [3.63, 3.8) is 0 Å². The van der Waals surface area contributed by atoms with Gasteiger partial charge in [0.1, 0.15) is 0 Å². The number of carbonyl (C=O) groups excluding carboxylic acids is 1. The smallest absolute Gasteiger partial charge is 0.319 e. The largest absolute Gasteiger partial charge is 0.481 e. The van der Waals surface area contributed by atoms with Gasteiger partial charge in [0, 0.05) is 27.2 Å². The number of hydrogen-bond donors (Lipinski definition) is 2. The number of carbonyl (C=O) groups is 2. The highest BCUT2D eigenvalue weighted by atomic mass is 16.4. The van der Waals surface area contributed by atoms with E-state index in [4.69, 9.17) is 10.2 Å². The second-order valence-electron chi connectivity index (χ2n) is 4.72. The van der Waals surface area contributed by atoms with E-state index in [9.17, 15) is 9.59 Å². The van der Waals surface area contributed by atoms with Crippen LogP contribution in [0.25, 0.3) is 0 Å². The Balaban J connectivity index is 2.27. The number of aliphatic hydroxyl groups is 1. The summed E-state index contributed by atoms with van der Waals surface area (Å²) in [6.07, 6.45) is 1.23. The van der Waals surface area contributed by atoms with Crippen LogP contribution in [0.1, 0.15) is 19.3 Å².